The Morgan fingerprint density at radius 1 is 1.28 bits per heavy atom. The van der Waals surface area contributed by atoms with Gasteiger partial charge in [0.25, 0.3) is 5.91 Å². The Balaban J connectivity index is 1.62. The third-order valence-electron chi connectivity index (χ3n) is 5.44. The highest BCUT2D eigenvalue weighted by molar-refractivity contribution is 5.94. The number of amides is 1. The summed E-state index contributed by atoms with van der Waals surface area (Å²) in [4.78, 5) is 13.0. The molecule has 0 bridgehead atoms. The van der Waals surface area contributed by atoms with Crippen molar-refractivity contribution in [1.82, 2.24) is 15.1 Å². The maximum atomic E-state index is 14.5. The van der Waals surface area contributed by atoms with Crippen LogP contribution in [-0.2, 0) is 13.0 Å². The van der Waals surface area contributed by atoms with Crippen LogP contribution in [0, 0.1) is 5.82 Å². The van der Waals surface area contributed by atoms with E-state index < -0.39 is 5.82 Å². The molecule has 1 aliphatic rings. The van der Waals surface area contributed by atoms with Crippen molar-refractivity contribution < 1.29 is 13.9 Å². The maximum absolute atomic E-state index is 14.5. The fourth-order valence-electron chi connectivity index (χ4n) is 3.94. The Hall–Kier alpha value is -3.15. The zero-order chi connectivity index (χ0) is 20.4. The lowest BCUT2D eigenvalue weighted by atomic mass is 9.87. The molecular weight excluding hydrogens is 369 g/mol. The number of rotatable bonds is 5. The van der Waals surface area contributed by atoms with Crippen molar-refractivity contribution in [2.45, 2.75) is 38.8 Å². The lowest BCUT2D eigenvalue weighted by Crippen LogP contribution is -2.32. The monoisotopic (exact) mass is 393 g/mol. The third kappa shape index (κ3) is 3.75. The Bertz CT molecular complexity index is 1040. The number of halogens is 1. The minimum absolute atomic E-state index is 0.0196. The van der Waals surface area contributed by atoms with Gasteiger partial charge in [-0.25, -0.2) is 4.39 Å². The molecule has 1 aromatic heterocycles. The van der Waals surface area contributed by atoms with Gasteiger partial charge in [0.1, 0.15) is 17.3 Å². The van der Waals surface area contributed by atoms with E-state index in [9.17, 15) is 9.18 Å². The lowest BCUT2D eigenvalue weighted by Gasteiger charge is -2.26. The Morgan fingerprint density at radius 3 is 2.86 bits per heavy atom. The van der Waals surface area contributed by atoms with E-state index in [0.717, 1.165) is 19.3 Å². The summed E-state index contributed by atoms with van der Waals surface area (Å²) < 4.78 is 21.1. The minimum atomic E-state index is -0.432. The number of carbonyl (C=O) groups excluding carboxylic acids is 1. The number of hydrogen-bond donors (Lipinski definition) is 1. The summed E-state index contributed by atoms with van der Waals surface area (Å²) >= 11 is 0. The first-order valence-electron chi connectivity index (χ1n) is 9.91. The molecule has 1 N–H and O–H groups in total. The molecule has 1 aliphatic carbocycles. The number of aryl methyl sites for hydroxylation is 2. The quantitative estimate of drug-likeness (QED) is 0.693. The molecule has 3 aromatic rings. The van der Waals surface area contributed by atoms with E-state index in [1.165, 1.54) is 24.3 Å². The molecule has 0 spiro atoms. The summed E-state index contributed by atoms with van der Waals surface area (Å²) in [5.41, 5.74) is 3.67. The maximum Gasteiger partial charge on any atom is 0.270 e. The van der Waals surface area contributed by atoms with E-state index in [0.29, 0.717) is 29.2 Å². The van der Waals surface area contributed by atoms with Gasteiger partial charge in [-0.2, -0.15) is 5.10 Å². The first-order chi connectivity index (χ1) is 14.1. The molecule has 0 radical (unpaired) electrons. The van der Waals surface area contributed by atoms with Crippen LogP contribution in [0.2, 0.25) is 0 Å². The van der Waals surface area contributed by atoms with Gasteiger partial charge >= 0.3 is 0 Å². The van der Waals surface area contributed by atoms with Crippen LogP contribution in [0.1, 0.15) is 47.4 Å². The third-order valence-corrected chi connectivity index (χ3v) is 5.44. The first kappa shape index (κ1) is 19.2. The van der Waals surface area contributed by atoms with E-state index in [-0.39, 0.29) is 11.9 Å². The van der Waals surface area contributed by atoms with E-state index in [4.69, 9.17) is 4.74 Å². The highest BCUT2D eigenvalue weighted by Gasteiger charge is 2.24. The molecule has 0 fully saturated rings. The second kappa shape index (κ2) is 8.07. The van der Waals surface area contributed by atoms with E-state index in [1.807, 2.05) is 19.1 Å². The molecule has 29 heavy (non-hydrogen) atoms. The van der Waals surface area contributed by atoms with Crippen molar-refractivity contribution in [3.05, 3.63) is 71.2 Å². The summed E-state index contributed by atoms with van der Waals surface area (Å²) in [6.07, 6.45) is 2.98. The number of hydrogen-bond acceptors (Lipinski definition) is 3. The van der Waals surface area contributed by atoms with E-state index in [2.05, 4.69) is 22.5 Å². The highest BCUT2D eigenvalue weighted by atomic mass is 19.1. The van der Waals surface area contributed by atoms with Gasteiger partial charge in [0.05, 0.1) is 18.8 Å². The Labute approximate surface area is 169 Å². The topological polar surface area (TPSA) is 56.2 Å². The minimum Gasteiger partial charge on any atom is -0.497 e. The van der Waals surface area contributed by atoms with Crippen molar-refractivity contribution in [3.63, 3.8) is 0 Å². The van der Waals surface area contributed by atoms with Crippen molar-refractivity contribution in [3.8, 4) is 17.0 Å². The Morgan fingerprint density at radius 2 is 2.10 bits per heavy atom. The van der Waals surface area contributed by atoms with Crippen molar-refractivity contribution >= 4 is 5.91 Å². The summed E-state index contributed by atoms with van der Waals surface area (Å²) in [6, 6.07) is 14.5. The van der Waals surface area contributed by atoms with Gasteiger partial charge in [0.2, 0.25) is 0 Å². The number of nitrogens with zero attached hydrogens (tertiary/aromatic N) is 2. The van der Waals surface area contributed by atoms with Crippen LogP contribution in [0.25, 0.3) is 11.3 Å². The molecule has 1 unspecified atom stereocenters. The number of aromatic nitrogens is 2. The van der Waals surface area contributed by atoms with Crippen molar-refractivity contribution in [2.24, 2.45) is 0 Å². The molecule has 5 nitrogen and oxygen atoms in total. The van der Waals surface area contributed by atoms with Gasteiger partial charge in [-0.05, 0) is 55.5 Å². The van der Waals surface area contributed by atoms with Crippen LogP contribution in [-0.4, -0.2) is 22.8 Å². The van der Waals surface area contributed by atoms with Gasteiger partial charge in [-0.15, -0.1) is 0 Å². The molecule has 1 amide bonds. The van der Waals surface area contributed by atoms with Gasteiger partial charge in [-0.1, -0.05) is 24.3 Å². The van der Waals surface area contributed by atoms with Gasteiger partial charge < -0.3 is 10.1 Å². The number of fused-ring (bicyclic) bond motifs is 1. The SMILES string of the molecule is CCn1nc(-c2ccc(OC)cc2F)cc1C(=O)NC1CCCc2ccccc21. The fraction of sp³-hybridized carbons (Fsp3) is 0.304. The number of methoxy groups -OCH3 is 1. The predicted molar refractivity (Wildman–Crippen MR) is 109 cm³/mol. The summed E-state index contributed by atoms with van der Waals surface area (Å²) in [7, 11) is 1.49. The normalized spacial score (nSPS) is 15.6. The van der Waals surface area contributed by atoms with Crippen LogP contribution in [0.5, 0.6) is 5.75 Å². The molecule has 0 saturated carbocycles. The van der Waals surface area contributed by atoms with Gasteiger partial charge in [0, 0.05) is 18.2 Å². The molecule has 0 aliphatic heterocycles. The van der Waals surface area contributed by atoms with Crippen LogP contribution in [0.15, 0.2) is 48.5 Å². The molecule has 4 rings (SSSR count). The van der Waals surface area contributed by atoms with Crippen LogP contribution in [0.3, 0.4) is 0 Å². The highest BCUT2D eigenvalue weighted by Crippen LogP contribution is 2.30. The number of nitrogens with one attached hydrogen (secondary N) is 1. The van der Waals surface area contributed by atoms with Crippen LogP contribution in [0.4, 0.5) is 4.39 Å². The van der Waals surface area contributed by atoms with Crippen LogP contribution >= 0.6 is 0 Å². The second-order valence-corrected chi connectivity index (χ2v) is 7.19. The molecule has 150 valence electrons. The van der Waals surface area contributed by atoms with Crippen molar-refractivity contribution in [1.29, 1.82) is 0 Å². The average Bonchev–Trinajstić information content (AvgIpc) is 3.18. The second-order valence-electron chi connectivity index (χ2n) is 7.19. The zero-order valence-corrected chi connectivity index (χ0v) is 16.6. The number of benzene rings is 2. The van der Waals surface area contributed by atoms with Gasteiger partial charge in [-0.3, -0.25) is 9.48 Å². The van der Waals surface area contributed by atoms with Crippen LogP contribution < -0.4 is 10.1 Å². The largest absolute Gasteiger partial charge is 0.497 e. The molecule has 0 saturated heterocycles. The number of ether oxygens (including phenoxy) is 1. The lowest BCUT2D eigenvalue weighted by molar-refractivity contribution is 0.0922. The zero-order valence-electron chi connectivity index (χ0n) is 16.6. The Kier molecular flexibility index (Phi) is 5.34. The molecule has 6 heteroatoms. The summed E-state index contributed by atoms with van der Waals surface area (Å²) in [6.45, 7) is 2.43. The van der Waals surface area contributed by atoms with Gasteiger partial charge in [0.15, 0.2) is 0 Å². The number of carbonyl (C=O) groups is 1. The summed E-state index contributed by atoms with van der Waals surface area (Å²) in [5, 5.41) is 7.60. The molecule has 2 aromatic carbocycles. The first-order valence-corrected chi connectivity index (χ1v) is 9.91. The predicted octanol–water partition coefficient (Wildman–Crippen LogP) is 4.53. The average molecular weight is 393 g/mol. The molecule has 1 atom stereocenters. The van der Waals surface area contributed by atoms with E-state index in [1.54, 1.807) is 22.9 Å². The smallest absolute Gasteiger partial charge is 0.270 e. The standard InChI is InChI=1S/C23H24FN3O2/c1-3-27-22(14-21(26-27)18-12-11-16(29-2)13-19(18)24)23(28)25-20-10-6-8-15-7-4-5-9-17(15)20/h4-5,7,9,11-14,20H,3,6,8,10H2,1-2H3,(H,25,28). The van der Waals surface area contributed by atoms with E-state index >= 15 is 0 Å². The molecular formula is C23H24FN3O2. The van der Waals surface area contributed by atoms with Crippen molar-refractivity contribution in [2.75, 3.05) is 7.11 Å². The molecule has 1 heterocycles. The summed E-state index contributed by atoms with van der Waals surface area (Å²) in [5.74, 6) is -0.186. The fourth-order valence-corrected chi connectivity index (χ4v) is 3.94.